The number of ether oxygens (including phenoxy) is 1. The van der Waals surface area contributed by atoms with Crippen LogP contribution in [-0.2, 0) is 4.74 Å². The first-order valence-corrected chi connectivity index (χ1v) is 7.05. The van der Waals surface area contributed by atoms with Crippen LogP contribution in [0.25, 0.3) is 0 Å². The van der Waals surface area contributed by atoms with Crippen molar-refractivity contribution in [2.45, 2.75) is 83.7 Å². The summed E-state index contributed by atoms with van der Waals surface area (Å²) in [7, 11) is 0. The third-order valence-corrected chi connectivity index (χ3v) is 3.40. The van der Waals surface area contributed by atoms with Gasteiger partial charge in [0.05, 0.1) is 6.10 Å². The second-order valence-electron chi connectivity index (χ2n) is 4.90. The molecule has 1 rings (SSSR count). The molecule has 0 saturated heterocycles. The lowest BCUT2D eigenvalue weighted by Crippen LogP contribution is -2.17. The quantitative estimate of drug-likeness (QED) is 0.530. The van der Waals surface area contributed by atoms with Crippen LogP contribution in [0.5, 0.6) is 0 Å². The van der Waals surface area contributed by atoms with Crippen molar-refractivity contribution in [3.8, 4) is 0 Å². The monoisotopic (exact) mass is 212 g/mol. The molecule has 0 atom stereocenters. The predicted molar refractivity (Wildman–Crippen MR) is 66.2 cm³/mol. The molecule has 0 aromatic carbocycles. The van der Waals surface area contributed by atoms with Gasteiger partial charge in [0.25, 0.3) is 0 Å². The third kappa shape index (κ3) is 6.94. The van der Waals surface area contributed by atoms with E-state index in [0.29, 0.717) is 6.10 Å². The van der Waals surface area contributed by atoms with E-state index in [1.807, 2.05) is 0 Å². The molecule has 1 aliphatic carbocycles. The molecule has 0 spiro atoms. The van der Waals surface area contributed by atoms with Crippen LogP contribution in [0.15, 0.2) is 0 Å². The Balaban J connectivity index is 1.79. The Kier molecular flexibility index (Phi) is 7.99. The van der Waals surface area contributed by atoms with Gasteiger partial charge in [0.2, 0.25) is 0 Å². The zero-order valence-electron chi connectivity index (χ0n) is 10.5. The van der Waals surface area contributed by atoms with Crippen molar-refractivity contribution in [3.63, 3.8) is 0 Å². The summed E-state index contributed by atoms with van der Waals surface area (Å²) in [5, 5.41) is 0. The minimum atomic E-state index is 0.606. The first kappa shape index (κ1) is 13.0. The molecule has 1 heteroatoms. The maximum absolute atomic E-state index is 5.89. The van der Waals surface area contributed by atoms with Crippen molar-refractivity contribution in [3.05, 3.63) is 0 Å². The molecular formula is C14H28O. The lowest BCUT2D eigenvalue weighted by atomic mass is 9.98. The molecule has 0 aliphatic heterocycles. The summed E-state index contributed by atoms with van der Waals surface area (Å²) in [5.41, 5.74) is 0. The van der Waals surface area contributed by atoms with Crippen molar-refractivity contribution in [1.29, 1.82) is 0 Å². The average Bonchev–Trinajstić information content (AvgIpc) is 2.29. The van der Waals surface area contributed by atoms with Crippen LogP contribution >= 0.6 is 0 Å². The van der Waals surface area contributed by atoms with Gasteiger partial charge in [-0.15, -0.1) is 0 Å². The number of hydrogen-bond acceptors (Lipinski definition) is 1. The predicted octanol–water partition coefficient (Wildman–Crippen LogP) is 4.70. The molecule has 0 unspecified atom stereocenters. The van der Waals surface area contributed by atoms with Crippen LogP contribution in [0.4, 0.5) is 0 Å². The molecular weight excluding hydrogens is 184 g/mol. The van der Waals surface area contributed by atoms with Crippen molar-refractivity contribution in [1.82, 2.24) is 0 Å². The number of unbranched alkanes of at least 4 members (excludes halogenated alkanes) is 5. The Morgan fingerprint density at radius 1 is 0.867 bits per heavy atom. The number of hydrogen-bond donors (Lipinski definition) is 0. The molecule has 90 valence electrons. The highest BCUT2D eigenvalue weighted by atomic mass is 16.5. The van der Waals surface area contributed by atoms with E-state index in [2.05, 4.69) is 6.92 Å². The van der Waals surface area contributed by atoms with Gasteiger partial charge in [0.1, 0.15) is 0 Å². The molecule has 0 amide bonds. The van der Waals surface area contributed by atoms with Crippen molar-refractivity contribution in [2.24, 2.45) is 0 Å². The van der Waals surface area contributed by atoms with Gasteiger partial charge < -0.3 is 4.74 Å². The summed E-state index contributed by atoms with van der Waals surface area (Å²) in [6, 6.07) is 0. The molecule has 0 N–H and O–H groups in total. The van der Waals surface area contributed by atoms with Crippen LogP contribution in [-0.4, -0.2) is 12.7 Å². The van der Waals surface area contributed by atoms with Crippen LogP contribution < -0.4 is 0 Å². The fourth-order valence-corrected chi connectivity index (χ4v) is 2.36. The Morgan fingerprint density at radius 3 is 2.27 bits per heavy atom. The van der Waals surface area contributed by atoms with Gasteiger partial charge in [-0.05, 0) is 19.3 Å². The lowest BCUT2D eigenvalue weighted by molar-refractivity contribution is 0.0263. The average molecular weight is 212 g/mol. The van der Waals surface area contributed by atoms with Crippen LogP contribution in [0.3, 0.4) is 0 Å². The Hall–Kier alpha value is -0.0400. The van der Waals surface area contributed by atoms with Gasteiger partial charge >= 0.3 is 0 Å². The van der Waals surface area contributed by atoms with Gasteiger partial charge in [-0.25, -0.2) is 0 Å². The van der Waals surface area contributed by atoms with E-state index in [1.54, 1.807) is 0 Å². The van der Waals surface area contributed by atoms with E-state index >= 15 is 0 Å². The summed E-state index contributed by atoms with van der Waals surface area (Å²) in [4.78, 5) is 0. The minimum Gasteiger partial charge on any atom is -0.378 e. The normalized spacial score (nSPS) is 18.2. The molecule has 0 heterocycles. The highest BCUT2D eigenvalue weighted by Gasteiger charge is 2.12. The van der Waals surface area contributed by atoms with E-state index in [1.165, 1.54) is 70.6 Å². The highest BCUT2D eigenvalue weighted by Crippen LogP contribution is 2.20. The minimum absolute atomic E-state index is 0.606. The zero-order chi connectivity index (χ0) is 10.8. The maximum atomic E-state index is 5.89. The molecule has 0 radical (unpaired) electrons. The summed E-state index contributed by atoms with van der Waals surface area (Å²) < 4.78 is 5.89. The fraction of sp³-hybridized carbons (Fsp3) is 1.00. The van der Waals surface area contributed by atoms with Crippen LogP contribution in [0, 0.1) is 0 Å². The number of rotatable bonds is 8. The van der Waals surface area contributed by atoms with E-state index in [-0.39, 0.29) is 0 Å². The topological polar surface area (TPSA) is 9.23 Å². The second kappa shape index (κ2) is 9.21. The zero-order valence-corrected chi connectivity index (χ0v) is 10.5. The first-order chi connectivity index (χ1) is 7.43. The van der Waals surface area contributed by atoms with E-state index in [9.17, 15) is 0 Å². The van der Waals surface area contributed by atoms with Gasteiger partial charge in [-0.3, -0.25) is 0 Å². The van der Waals surface area contributed by atoms with Gasteiger partial charge in [0.15, 0.2) is 0 Å². The van der Waals surface area contributed by atoms with Gasteiger partial charge in [-0.2, -0.15) is 0 Å². The van der Waals surface area contributed by atoms with Gasteiger partial charge in [0, 0.05) is 6.61 Å². The highest BCUT2D eigenvalue weighted by molar-refractivity contribution is 4.64. The second-order valence-corrected chi connectivity index (χ2v) is 4.90. The molecule has 1 nitrogen and oxygen atoms in total. The maximum Gasteiger partial charge on any atom is 0.0575 e. The van der Waals surface area contributed by atoms with E-state index < -0.39 is 0 Å². The van der Waals surface area contributed by atoms with Crippen molar-refractivity contribution >= 4 is 0 Å². The lowest BCUT2D eigenvalue weighted by Gasteiger charge is -2.21. The van der Waals surface area contributed by atoms with Crippen LogP contribution in [0.2, 0.25) is 0 Å². The van der Waals surface area contributed by atoms with Crippen molar-refractivity contribution < 1.29 is 4.74 Å². The summed E-state index contributed by atoms with van der Waals surface area (Å²) in [6.07, 6.45) is 15.7. The molecule has 0 aromatic heterocycles. The fourth-order valence-electron chi connectivity index (χ4n) is 2.36. The smallest absolute Gasteiger partial charge is 0.0575 e. The van der Waals surface area contributed by atoms with E-state index in [0.717, 1.165) is 6.61 Å². The Bertz CT molecular complexity index is 127. The third-order valence-electron chi connectivity index (χ3n) is 3.40. The summed E-state index contributed by atoms with van der Waals surface area (Å²) in [6.45, 7) is 3.28. The SMILES string of the molecule is CCCCCCCCOC1CCCCC1. The largest absolute Gasteiger partial charge is 0.378 e. The van der Waals surface area contributed by atoms with Crippen LogP contribution in [0.1, 0.15) is 77.6 Å². The Labute approximate surface area is 95.6 Å². The molecule has 0 bridgehead atoms. The van der Waals surface area contributed by atoms with Gasteiger partial charge in [-0.1, -0.05) is 58.3 Å². The standard InChI is InChI=1S/C14H28O/c1-2-3-4-5-6-10-13-15-14-11-8-7-9-12-14/h14H,2-13H2,1H3. The summed E-state index contributed by atoms with van der Waals surface area (Å²) in [5.74, 6) is 0. The Morgan fingerprint density at radius 2 is 1.53 bits per heavy atom. The molecule has 1 saturated carbocycles. The van der Waals surface area contributed by atoms with Crippen molar-refractivity contribution in [2.75, 3.05) is 6.61 Å². The molecule has 1 aliphatic rings. The molecule has 15 heavy (non-hydrogen) atoms. The molecule has 0 aromatic rings. The summed E-state index contributed by atoms with van der Waals surface area (Å²) >= 11 is 0. The first-order valence-electron chi connectivity index (χ1n) is 7.05. The van der Waals surface area contributed by atoms with E-state index in [4.69, 9.17) is 4.74 Å². The molecule has 1 fully saturated rings.